The number of ether oxygens (including phenoxy) is 1. The van der Waals surface area contributed by atoms with Crippen LogP contribution in [-0.2, 0) is 16.1 Å². The summed E-state index contributed by atoms with van der Waals surface area (Å²) in [6, 6.07) is 10.3. The summed E-state index contributed by atoms with van der Waals surface area (Å²) in [6.07, 6.45) is 0.758. The van der Waals surface area contributed by atoms with Crippen molar-refractivity contribution in [1.82, 2.24) is 4.90 Å². The van der Waals surface area contributed by atoms with E-state index in [1.165, 1.54) is 5.56 Å². The molecule has 2 atom stereocenters. The molecule has 16 heavy (non-hydrogen) atoms. The van der Waals surface area contributed by atoms with Crippen LogP contribution in [0.1, 0.15) is 12.5 Å². The van der Waals surface area contributed by atoms with E-state index in [1.54, 1.807) is 0 Å². The topological polar surface area (TPSA) is 29.5 Å². The van der Waals surface area contributed by atoms with Gasteiger partial charge in [0.1, 0.15) is 12.4 Å². The number of carbonyl (C=O) groups excluding carboxylic acids is 1. The van der Waals surface area contributed by atoms with Gasteiger partial charge in [-0.3, -0.25) is 4.90 Å². The van der Waals surface area contributed by atoms with Gasteiger partial charge in [0.2, 0.25) is 0 Å². The Kier molecular flexibility index (Phi) is 3.70. The van der Waals surface area contributed by atoms with Crippen molar-refractivity contribution in [2.24, 2.45) is 0 Å². The Morgan fingerprint density at radius 1 is 1.38 bits per heavy atom. The van der Waals surface area contributed by atoms with Gasteiger partial charge in [-0.15, -0.1) is 0 Å². The number of rotatable bonds is 3. The summed E-state index contributed by atoms with van der Waals surface area (Å²) < 4.78 is 5.49. The van der Waals surface area contributed by atoms with Gasteiger partial charge >= 0.3 is 0 Å². The van der Waals surface area contributed by atoms with Gasteiger partial charge in [-0.1, -0.05) is 30.3 Å². The molecule has 0 unspecified atom stereocenters. The van der Waals surface area contributed by atoms with Crippen molar-refractivity contribution in [2.45, 2.75) is 25.7 Å². The minimum absolute atomic E-state index is 0.132. The predicted octanol–water partition coefficient (Wildman–Crippen LogP) is 1.47. The zero-order valence-corrected chi connectivity index (χ0v) is 9.50. The standard InChI is InChI=1S/C13H17NO2/c1-11-7-14(9-13(10-15)16-11)8-12-5-3-2-4-6-12/h2-6,10-11,13H,7-9H2,1H3/t11-,13-/m1/s1. The molecule has 0 saturated carbocycles. The molecule has 0 N–H and O–H groups in total. The summed E-state index contributed by atoms with van der Waals surface area (Å²) >= 11 is 0. The summed E-state index contributed by atoms with van der Waals surface area (Å²) in [7, 11) is 0. The molecule has 2 rings (SSSR count). The van der Waals surface area contributed by atoms with E-state index in [1.807, 2.05) is 25.1 Å². The highest BCUT2D eigenvalue weighted by atomic mass is 16.5. The van der Waals surface area contributed by atoms with Crippen LogP contribution in [0.25, 0.3) is 0 Å². The fourth-order valence-corrected chi connectivity index (χ4v) is 2.12. The molecule has 0 aliphatic carbocycles. The van der Waals surface area contributed by atoms with E-state index in [0.717, 1.165) is 19.4 Å². The maximum Gasteiger partial charge on any atom is 0.150 e. The molecule has 0 bridgehead atoms. The molecule has 3 heteroatoms. The van der Waals surface area contributed by atoms with Crippen molar-refractivity contribution in [3.63, 3.8) is 0 Å². The molecule has 0 spiro atoms. The van der Waals surface area contributed by atoms with Crippen LogP contribution in [0.2, 0.25) is 0 Å². The molecule has 1 saturated heterocycles. The number of hydrogen-bond acceptors (Lipinski definition) is 3. The first kappa shape index (κ1) is 11.3. The first-order valence-electron chi connectivity index (χ1n) is 5.65. The molecule has 1 aliphatic heterocycles. The van der Waals surface area contributed by atoms with E-state index < -0.39 is 0 Å². The number of hydrogen-bond donors (Lipinski definition) is 0. The predicted molar refractivity (Wildman–Crippen MR) is 62.1 cm³/mol. The average molecular weight is 219 g/mol. The van der Waals surface area contributed by atoms with Gasteiger partial charge in [0.05, 0.1) is 6.10 Å². The molecular weight excluding hydrogens is 202 g/mol. The van der Waals surface area contributed by atoms with Gasteiger partial charge in [0.15, 0.2) is 0 Å². The van der Waals surface area contributed by atoms with Gasteiger partial charge in [0, 0.05) is 19.6 Å². The first-order valence-corrected chi connectivity index (χ1v) is 5.65. The lowest BCUT2D eigenvalue weighted by Gasteiger charge is -2.34. The van der Waals surface area contributed by atoms with Crippen LogP contribution in [0.15, 0.2) is 30.3 Å². The molecule has 0 aromatic heterocycles. The Bertz CT molecular complexity index is 339. The smallest absolute Gasteiger partial charge is 0.150 e. The molecule has 1 aliphatic rings. The summed E-state index contributed by atoms with van der Waals surface area (Å²) in [4.78, 5) is 13.0. The zero-order chi connectivity index (χ0) is 11.4. The van der Waals surface area contributed by atoms with Crippen LogP contribution in [0.5, 0.6) is 0 Å². The van der Waals surface area contributed by atoms with Crippen molar-refractivity contribution in [3.05, 3.63) is 35.9 Å². The van der Waals surface area contributed by atoms with Crippen LogP contribution in [0.3, 0.4) is 0 Å². The second-order valence-corrected chi connectivity index (χ2v) is 4.30. The maximum atomic E-state index is 10.8. The Morgan fingerprint density at radius 2 is 2.12 bits per heavy atom. The molecular formula is C13H17NO2. The van der Waals surface area contributed by atoms with E-state index in [4.69, 9.17) is 4.74 Å². The molecule has 86 valence electrons. The summed E-state index contributed by atoms with van der Waals surface area (Å²) in [5.74, 6) is 0. The first-order chi connectivity index (χ1) is 7.78. The van der Waals surface area contributed by atoms with Gasteiger partial charge in [0.25, 0.3) is 0 Å². The summed E-state index contributed by atoms with van der Waals surface area (Å²) in [5.41, 5.74) is 1.28. The lowest BCUT2D eigenvalue weighted by Crippen LogP contribution is -2.46. The van der Waals surface area contributed by atoms with Crippen molar-refractivity contribution in [3.8, 4) is 0 Å². The Labute approximate surface area is 96.0 Å². The summed E-state index contributed by atoms with van der Waals surface area (Å²) in [5, 5.41) is 0. The number of aldehydes is 1. The van der Waals surface area contributed by atoms with Crippen LogP contribution in [0, 0.1) is 0 Å². The zero-order valence-electron chi connectivity index (χ0n) is 9.50. The maximum absolute atomic E-state index is 10.8. The fourth-order valence-electron chi connectivity index (χ4n) is 2.12. The third kappa shape index (κ3) is 2.90. The van der Waals surface area contributed by atoms with E-state index in [2.05, 4.69) is 17.0 Å². The second-order valence-electron chi connectivity index (χ2n) is 4.30. The third-order valence-electron chi connectivity index (χ3n) is 2.76. The fraction of sp³-hybridized carbons (Fsp3) is 0.462. The number of nitrogens with zero attached hydrogens (tertiary/aromatic N) is 1. The monoisotopic (exact) mass is 219 g/mol. The van der Waals surface area contributed by atoms with E-state index in [-0.39, 0.29) is 12.2 Å². The Hall–Kier alpha value is -1.19. The van der Waals surface area contributed by atoms with E-state index >= 15 is 0 Å². The highest BCUT2D eigenvalue weighted by Gasteiger charge is 2.24. The molecule has 1 fully saturated rings. The average Bonchev–Trinajstić information content (AvgIpc) is 2.29. The Morgan fingerprint density at radius 3 is 2.81 bits per heavy atom. The highest BCUT2D eigenvalue weighted by molar-refractivity contribution is 5.56. The number of morpholine rings is 1. The largest absolute Gasteiger partial charge is 0.365 e. The van der Waals surface area contributed by atoms with Crippen molar-refractivity contribution < 1.29 is 9.53 Å². The van der Waals surface area contributed by atoms with Gasteiger partial charge in [-0.25, -0.2) is 0 Å². The van der Waals surface area contributed by atoms with Gasteiger partial charge in [-0.05, 0) is 12.5 Å². The summed E-state index contributed by atoms with van der Waals surface area (Å²) in [6.45, 7) is 4.48. The van der Waals surface area contributed by atoms with E-state index in [9.17, 15) is 4.79 Å². The van der Waals surface area contributed by atoms with Crippen LogP contribution in [0.4, 0.5) is 0 Å². The lowest BCUT2D eigenvalue weighted by molar-refractivity contribution is -0.131. The SMILES string of the molecule is C[C@@H]1CN(Cc2ccccc2)C[C@H](C=O)O1. The normalized spacial score (nSPS) is 26.6. The minimum atomic E-state index is -0.271. The minimum Gasteiger partial charge on any atom is -0.365 e. The highest BCUT2D eigenvalue weighted by Crippen LogP contribution is 2.13. The second kappa shape index (κ2) is 5.23. The van der Waals surface area contributed by atoms with Gasteiger partial charge < -0.3 is 9.53 Å². The van der Waals surface area contributed by atoms with Gasteiger partial charge in [-0.2, -0.15) is 0 Å². The molecule has 0 amide bonds. The molecule has 3 nitrogen and oxygen atoms in total. The van der Waals surface area contributed by atoms with Crippen LogP contribution in [-0.4, -0.2) is 36.5 Å². The van der Waals surface area contributed by atoms with Crippen LogP contribution < -0.4 is 0 Å². The molecule has 0 radical (unpaired) electrons. The quantitative estimate of drug-likeness (QED) is 0.721. The Balaban J connectivity index is 1.97. The lowest BCUT2D eigenvalue weighted by atomic mass is 10.1. The van der Waals surface area contributed by atoms with Crippen LogP contribution >= 0.6 is 0 Å². The molecule has 1 aromatic carbocycles. The third-order valence-corrected chi connectivity index (χ3v) is 2.76. The number of benzene rings is 1. The molecule has 1 aromatic rings. The number of carbonyl (C=O) groups is 1. The molecule has 1 heterocycles. The van der Waals surface area contributed by atoms with E-state index in [0.29, 0.717) is 6.54 Å². The van der Waals surface area contributed by atoms with Crippen molar-refractivity contribution in [2.75, 3.05) is 13.1 Å². The van der Waals surface area contributed by atoms with Crippen molar-refractivity contribution in [1.29, 1.82) is 0 Å². The van der Waals surface area contributed by atoms with Crippen molar-refractivity contribution >= 4 is 6.29 Å².